The number of aromatic amines is 1. The molecular weight excluding hydrogens is 374 g/mol. The highest BCUT2D eigenvalue weighted by atomic mass is 16.2. The number of carbonyl (C=O) groups is 2. The number of aryl methyl sites for hydroxylation is 1. The number of ketones is 1. The number of rotatable bonds is 7. The number of anilines is 1. The number of aromatic nitrogens is 1. The second-order valence-corrected chi connectivity index (χ2v) is 7.90. The van der Waals surface area contributed by atoms with E-state index in [-0.39, 0.29) is 18.2 Å². The van der Waals surface area contributed by atoms with Crippen molar-refractivity contribution >= 4 is 17.4 Å². The minimum absolute atomic E-state index is 0.0109. The van der Waals surface area contributed by atoms with Gasteiger partial charge in [0.25, 0.3) is 5.91 Å². The van der Waals surface area contributed by atoms with E-state index in [9.17, 15) is 9.59 Å². The Morgan fingerprint density at radius 2 is 1.70 bits per heavy atom. The predicted molar refractivity (Wildman–Crippen MR) is 119 cm³/mol. The van der Waals surface area contributed by atoms with E-state index in [1.807, 2.05) is 35.2 Å². The molecule has 1 amide bonds. The lowest BCUT2D eigenvalue weighted by Gasteiger charge is -2.24. The Bertz CT molecular complexity index is 1000. The van der Waals surface area contributed by atoms with Gasteiger partial charge in [-0.2, -0.15) is 0 Å². The predicted octanol–water partition coefficient (Wildman–Crippen LogP) is 4.45. The average molecular weight is 402 g/mol. The first kappa shape index (κ1) is 20.0. The molecule has 0 radical (unpaired) electrons. The molecule has 0 saturated carbocycles. The van der Waals surface area contributed by atoms with Crippen molar-refractivity contribution in [3.05, 3.63) is 89.2 Å². The van der Waals surface area contributed by atoms with Crippen LogP contribution in [0, 0.1) is 6.92 Å². The molecule has 154 valence electrons. The summed E-state index contributed by atoms with van der Waals surface area (Å²) in [5, 5.41) is 0. The highest BCUT2D eigenvalue weighted by Gasteiger charge is 2.22. The molecule has 1 N–H and O–H groups in total. The van der Waals surface area contributed by atoms with Gasteiger partial charge in [0.2, 0.25) is 0 Å². The van der Waals surface area contributed by atoms with Crippen LogP contribution in [0.5, 0.6) is 0 Å². The molecule has 1 aliphatic heterocycles. The number of likely N-dealkylation sites (tertiary alicyclic amines) is 1. The van der Waals surface area contributed by atoms with E-state index >= 15 is 0 Å². The Labute approximate surface area is 177 Å². The number of hydrogen-bond donors (Lipinski definition) is 1. The zero-order valence-electron chi connectivity index (χ0n) is 17.3. The fraction of sp³-hybridized carbons (Fsp3) is 0.280. The molecular formula is C25H27N3O2. The van der Waals surface area contributed by atoms with E-state index in [1.54, 1.807) is 12.3 Å². The quantitative estimate of drug-likeness (QED) is 0.595. The maximum atomic E-state index is 13.1. The number of nitrogens with zero attached hydrogens (tertiary/aromatic N) is 2. The number of amides is 1. The second kappa shape index (κ2) is 8.99. The summed E-state index contributed by atoms with van der Waals surface area (Å²) < 4.78 is 0. The smallest absolute Gasteiger partial charge is 0.270 e. The Kier molecular flexibility index (Phi) is 5.98. The van der Waals surface area contributed by atoms with Crippen LogP contribution in [0.15, 0.2) is 66.9 Å². The third-order valence-electron chi connectivity index (χ3n) is 5.58. The molecule has 0 aliphatic carbocycles. The molecule has 2 aromatic carbocycles. The minimum atomic E-state index is -0.0220. The minimum Gasteiger partial charge on any atom is -0.359 e. The van der Waals surface area contributed by atoms with Crippen molar-refractivity contribution in [1.82, 2.24) is 9.88 Å². The number of H-pyrrole nitrogens is 1. The van der Waals surface area contributed by atoms with Crippen LogP contribution in [0.1, 0.15) is 44.8 Å². The molecule has 1 aliphatic rings. The van der Waals surface area contributed by atoms with Crippen LogP contribution in [0.3, 0.4) is 0 Å². The summed E-state index contributed by atoms with van der Waals surface area (Å²) >= 11 is 0. The Morgan fingerprint density at radius 1 is 1.00 bits per heavy atom. The van der Waals surface area contributed by atoms with Gasteiger partial charge >= 0.3 is 0 Å². The molecule has 1 aromatic heterocycles. The van der Waals surface area contributed by atoms with Crippen LogP contribution >= 0.6 is 0 Å². The van der Waals surface area contributed by atoms with E-state index in [2.05, 4.69) is 41.1 Å². The van der Waals surface area contributed by atoms with Crippen LogP contribution in [-0.2, 0) is 6.54 Å². The lowest BCUT2D eigenvalue weighted by atomic mass is 10.1. The summed E-state index contributed by atoms with van der Waals surface area (Å²) in [7, 11) is 0. The van der Waals surface area contributed by atoms with E-state index in [4.69, 9.17) is 0 Å². The first-order valence-corrected chi connectivity index (χ1v) is 10.5. The van der Waals surface area contributed by atoms with E-state index in [1.165, 1.54) is 5.56 Å². The number of hydrogen-bond acceptors (Lipinski definition) is 3. The van der Waals surface area contributed by atoms with Crippen molar-refractivity contribution < 1.29 is 9.59 Å². The fourth-order valence-electron chi connectivity index (χ4n) is 3.83. The van der Waals surface area contributed by atoms with Gasteiger partial charge in [0, 0.05) is 37.1 Å². The molecule has 0 spiro atoms. The van der Waals surface area contributed by atoms with Gasteiger partial charge in [0.05, 0.1) is 6.54 Å². The monoisotopic (exact) mass is 401 g/mol. The second-order valence-electron chi connectivity index (χ2n) is 7.90. The maximum absolute atomic E-state index is 13.1. The molecule has 1 saturated heterocycles. The van der Waals surface area contributed by atoms with Crippen molar-refractivity contribution in [1.29, 1.82) is 0 Å². The molecule has 3 aromatic rings. The third kappa shape index (κ3) is 4.62. The highest BCUT2D eigenvalue weighted by molar-refractivity contribution is 6.02. The van der Waals surface area contributed by atoms with Crippen LogP contribution < -0.4 is 4.90 Å². The Hall–Kier alpha value is -3.34. The van der Waals surface area contributed by atoms with E-state index < -0.39 is 0 Å². The molecule has 5 heteroatoms. The molecule has 2 heterocycles. The van der Waals surface area contributed by atoms with Crippen molar-refractivity contribution in [2.24, 2.45) is 0 Å². The maximum Gasteiger partial charge on any atom is 0.270 e. The molecule has 1 fully saturated rings. The normalized spacial score (nSPS) is 13.4. The van der Waals surface area contributed by atoms with Crippen molar-refractivity contribution in [2.75, 3.05) is 24.5 Å². The van der Waals surface area contributed by atoms with Gasteiger partial charge < -0.3 is 14.8 Å². The molecule has 4 rings (SSSR count). The van der Waals surface area contributed by atoms with Crippen LogP contribution in [0.4, 0.5) is 5.69 Å². The van der Waals surface area contributed by atoms with Crippen molar-refractivity contribution in [2.45, 2.75) is 26.3 Å². The first-order valence-electron chi connectivity index (χ1n) is 10.5. The largest absolute Gasteiger partial charge is 0.359 e. The van der Waals surface area contributed by atoms with Crippen molar-refractivity contribution in [3.63, 3.8) is 0 Å². The van der Waals surface area contributed by atoms with Crippen molar-refractivity contribution in [3.8, 4) is 0 Å². The Balaban J connectivity index is 1.51. The lowest BCUT2D eigenvalue weighted by Crippen LogP contribution is -2.29. The van der Waals surface area contributed by atoms with Gasteiger partial charge in [-0.1, -0.05) is 48.0 Å². The van der Waals surface area contributed by atoms with Gasteiger partial charge in [-0.15, -0.1) is 0 Å². The molecule has 0 unspecified atom stereocenters. The lowest BCUT2D eigenvalue weighted by molar-refractivity contribution is 0.0787. The van der Waals surface area contributed by atoms with Gasteiger partial charge in [-0.05, 0) is 43.5 Å². The van der Waals surface area contributed by atoms with Gasteiger partial charge in [0.1, 0.15) is 5.69 Å². The van der Waals surface area contributed by atoms with Gasteiger partial charge in [0.15, 0.2) is 5.78 Å². The summed E-state index contributed by atoms with van der Waals surface area (Å²) in [4.78, 5) is 32.5. The standard InChI is InChI=1S/C25H27N3O2/c1-19-9-11-22(12-10-19)28(17-20-7-3-2-4-8-20)18-24(29)21-15-23(26-16-21)25(30)27-13-5-6-14-27/h2-4,7-12,15-16,26H,5-6,13-14,17-18H2,1H3. The number of carbonyl (C=O) groups excluding carboxylic acids is 2. The van der Waals surface area contributed by atoms with Crippen LogP contribution in [-0.4, -0.2) is 41.2 Å². The van der Waals surface area contributed by atoms with Crippen LogP contribution in [0.2, 0.25) is 0 Å². The van der Waals surface area contributed by atoms with E-state index in [0.29, 0.717) is 17.8 Å². The average Bonchev–Trinajstić information content (AvgIpc) is 3.47. The first-order chi connectivity index (χ1) is 14.6. The zero-order valence-corrected chi connectivity index (χ0v) is 17.3. The molecule has 0 bridgehead atoms. The van der Waals surface area contributed by atoms with E-state index in [0.717, 1.165) is 37.2 Å². The Morgan fingerprint density at radius 3 is 2.40 bits per heavy atom. The fourth-order valence-corrected chi connectivity index (χ4v) is 3.83. The SMILES string of the molecule is Cc1ccc(N(CC(=O)c2c[nH]c(C(=O)N3CCCC3)c2)Cc2ccccc2)cc1. The summed E-state index contributed by atoms with van der Waals surface area (Å²) in [6.45, 7) is 4.51. The summed E-state index contributed by atoms with van der Waals surface area (Å²) in [6, 6.07) is 20.0. The van der Waals surface area contributed by atoms with Crippen LogP contribution in [0.25, 0.3) is 0 Å². The summed E-state index contributed by atoms with van der Waals surface area (Å²) in [6.07, 6.45) is 3.74. The number of nitrogens with one attached hydrogen (secondary N) is 1. The summed E-state index contributed by atoms with van der Waals surface area (Å²) in [5.74, 6) is -0.0329. The molecule has 30 heavy (non-hydrogen) atoms. The van der Waals surface area contributed by atoms with Gasteiger partial charge in [-0.3, -0.25) is 9.59 Å². The van der Waals surface area contributed by atoms with Gasteiger partial charge in [-0.25, -0.2) is 0 Å². The molecule has 0 atom stereocenters. The highest BCUT2D eigenvalue weighted by Crippen LogP contribution is 2.20. The molecule has 5 nitrogen and oxygen atoms in total. The summed E-state index contributed by atoms with van der Waals surface area (Å²) in [5.41, 5.74) is 4.36. The zero-order chi connectivity index (χ0) is 20.9. The third-order valence-corrected chi connectivity index (χ3v) is 5.58. The number of benzene rings is 2. The topological polar surface area (TPSA) is 56.4 Å². The number of Topliss-reactive ketones (excluding diaryl/α,β-unsaturated/α-hetero) is 1.